The second-order valence-electron chi connectivity index (χ2n) is 7.22. The van der Waals surface area contributed by atoms with Crippen LogP contribution in [-0.2, 0) is 9.59 Å². The van der Waals surface area contributed by atoms with E-state index in [9.17, 15) is 9.59 Å². The van der Waals surface area contributed by atoms with Gasteiger partial charge < -0.3 is 15.5 Å². The zero-order valence-electron chi connectivity index (χ0n) is 16.2. The summed E-state index contributed by atoms with van der Waals surface area (Å²) in [6.07, 6.45) is 5.09. The molecule has 2 fully saturated rings. The molecular weight excluding hydrogens is 390 g/mol. The number of nitrogens with one attached hydrogen (secondary N) is 2. The number of carbonyl (C=O) groups excluding carboxylic acids is 2. The predicted molar refractivity (Wildman–Crippen MR) is 115 cm³/mol. The first-order valence-corrected chi connectivity index (χ1v) is 9.76. The molecule has 8 heteroatoms. The van der Waals surface area contributed by atoms with Crippen LogP contribution in [0.25, 0.3) is 0 Å². The fraction of sp³-hybridized carbons (Fsp3) is 0.381. The van der Waals surface area contributed by atoms with Gasteiger partial charge in [-0.2, -0.15) is 0 Å². The van der Waals surface area contributed by atoms with Gasteiger partial charge in [0.25, 0.3) is 0 Å². The Kier molecular flexibility index (Phi) is 7.19. The maximum atomic E-state index is 12.7. The van der Waals surface area contributed by atoms with Crippen LogP contribution in [0.15, 0.2) is 48.8 Å². The number of nitrogens with zero attached hydrogens (tertiary/aromatic N) is 3. The summed E-state index contributed by atoms with van der Waals surface area (Å²) in [7, 11) is 0. The van der Waals surface area contributed by atoms with Gasteiger partial charge in [0.15, 0.2) is 0 Å². The number of aromatic nitrogens is 1. The SMILES string of the molecule is Cl.O=C(CN1CCNCC1c1cccnc1)Nc1cccc(N2CCCC2=O)c1. The Hall–Kier alpha value is -2.48. The highest BCUT2D eigenvalue weighted by atomic mass is 35.5. The van der Waals surface area contributed by atoms with Gasteiger partial charge in [-0.3, -0.25) is 19.5 Å². The number of anilines is 2. The van der Waals surface area contributed by atoms with Crippen molar-refractivity contribution in [3.63, 3.8) is 0 Å². The Labute approximate surface area is 176 Å². The average molecular weight is 416 g/mol. The molecule has 0 spiro atoms. The van der Waals surface area contributed by atoms with Gasteiger partial charge in [0.1, 0.15) is 0 Å². The molecule has 7 nitrogen and oxygen atoms in total. The summed E-state index contributed by atoms with van der Waals surface area (Å²) in [6.45, 7) is 3.51. The standard InChI is InChI=1S/C21H25N5O2.ClH/c27-20(15-25-11-9-23-14-19(25)16-4-2-8-22-13-16)24-17-5-1-6-18(12-17)26-10-3-7-21(26)28;/h1-2,4-6,8,12-13,19,23H,3,7,9-11,14-15H2,(H,24,27);1H. The number of pyridine rings is 1. The maximum Gasteiger partial charge on any atom is 0.238 e. The van der Waals surface area contributed by atoms with Crippen LogP contribution in [0.1, 0.15) is 24.4 Å². The smallest absolute Gasteiger partial charge is 0.238 e. The zero-order chi connectivity index (χ0) is 19.3. The molecule has 1 unspecified atom stereocenters. The fourth-order valence-electron chi connectivity index (χ4n) is 3.90. The van der Waals surface area contributed by atoms with Crippen LogP contribution >= 0.6 is 12.4 Å². The van der Waals surface area contributed by atoms with Crippen molar-refractivity contribution in [3.8, 4) is 0 Å². The number of amides is 2. The summed E-state index contributed by atoms with van der Waals surface area (Å²) in [5.74, 6) is 0.0873. The Morgan fingerprint density at radius 1 is 1.24 bits per heavy atom. The van der Waals surface area contributed by atoms with E-state index in [0.717, 1.165) is 49.5 Å². The minimum absolute atomic E-state index is 0. The van der Waals surface area contributed by atoms with Gasteiger partial charge in [0.05, 0.1) is 6.54 Å². The highest BCUT2D eigenvalue weighted by Crippen LogP contribution is 2.25. The molecule has 1 aromatic heterocycles. The lowest BCUT2D eigenvalue weighted by Crippen LogP contribution is -2.48. The third kappa shape index (κ3) is 5.12. The molecule has 0 radical (unpaired) electrons. The molecule has 1 atom stereocenters. The molecule has 0 bridgehead atoms. The maximum absolute atomic E-state index is 12.7. The lowest BCUT2D eigenvalue weighted by atomic mass is 10.1. The average Bonchev–Trinajstić information content (AvgIpc) is 3.15. The van der Waals surface area contributed by atoms with Gasteiger partial charge in [0, 0.05) is 62.4 Å². The molecule has 3 heterocycles. The molecule has 0 aliphatic carbocycles. The molecule has 154 valence electrons. The van der Waals surface area contributed by atoms with Crippen LogP contribution in [0.4, 0.5) is 11.4 Å². The van der Waals surface area contributed by atoms with E-state index in [1.807, 2.05) is 42.6 Å². The Morgan fingerprint density at radius 3 is 2.90 bits per heavy atom. The topological polar surface area (TPSA) is 77.6 Å². The largest absolute Gasteiger partial charge is 0.325 e. The molecule has 4 rings (SSSR count). The highest BCUT2D eigenvalue weighted by Gasteiger charge is 2.26. The van der Waals surface area contributed by atoms with Crippen molar-refractivity contribution in [2.75, 3.05) is 42.9 Å². The molecular formula is C21H26ClN5O2. The Bertz CT molecular complexity index is 848. The van der Waals surface area contributed by atoms with Crippen molar-refractivity contribution in [3.05, 3.63) is 54.4 Å². The van der Waals surface area contributed by atoms with Crippen molar-refractivity contribution in [2.24, 2.45) is 0 Å². The molecule has 2 saturated heterocycles. The third-order valence-corrected chi connectivity index (χ3v) is 5.29. The van der Waals surface area contributed by atoms with Crippen LogP contribution in [0.3, 0.4) is 0 Å². The summed E-state index contributed by atoms with van der Waals surface area (Å²) >= 11 is 0. The number of hydrogen-bond donors (Lipinski definition) is 2. The number of hydrogen-bond acceptors (Lipinski definition) is 5. The number of piperazine rings is 1. The minimum Gasteiger partial charge on any atom is -0.325 e. The van der Waals surface area contributed by atoms with Crippen LogP contribution in [0.5, 0.6) is 0 Å². The summed E-state index contributed by atoms with van der Waals surface area (Å²) in [4.78, 5) is 32.8. The van der Waals surface area contributed by atoms with Gasteiger partial charge in [0.2, 0.25) is 11.8 Å². The molecule has 2 amide bonds. The molecule has 2 aromatic rings. The molecule has 2 aliphatic heterocycles. The predicted octanol–water partition coefficient (Wildman–Crippen LogP) is 2.22. The summed E-state index contributed by atoms with van der Waals surface area (Å²) < 4.78 is 0. The van der Waals surface area contributed by atoms with E-state index in [4.69, 9.17) is 0 Å². The second-order valence-corrected chi connectivity index (χ2v) is 7.22. The van der Waals surface area contributed by atoms with Crippen molar-refractivity contribution < 1.29 is 9.59 Å². The summed E-state index contributed by atoms with van der Waals surface area (Å²) in [6, 6.07) is 11.6. The Balaban J connectivity index is 0.00000240. The van der Waals surface area contributed by atoms with Crippen LogP contribution < -0.4 is 15.5 Å². The van der Waals surface area contributed by atoms with Crippen LogP contribution in [0, 0.1) is 0 Å². The van der Waals surface area contributed by atoms with E-state index in [1.54, 1.807) is 11.1 Å². The van der Waals surface area contributed by atoms with E-state index in [-0.39, 0.29) is 30.3 Å². The molecule has 0 saturated carbocycles. The van der Waals surface area contributed by atoms with Gasteiger partial charge in [-0.25, -0.2) is 0 Å². The van der Waals surface area contributed by atoms with E-state index < -0.39 is 0 Å². The molecule has 2 aliphatic rings. The van der Waals surface area contributed by atoms with Gasteiger partial charge >= 0.3 is 0 Å². The minimum atomic E-state index is -0.0549. The van der Waals surface area contributed by atoms with Gasteiger partial charge in [-0.15, -0.1) is 12.4 Å². The van der Waals surface area contributed by atoms with Crippen molar-refractivity contribution in [2.45, 2.75) is 18.9 Å². The number of carbonyl (C=O) groups is 2. The monoisotopic (exact) mass is 415 g/mol. The van der Waals surface area contributed by atoms with Crippen LogP contribution in [-0.4, -0.2) is 54.4 Å². The molecule has 1 aromatic carbocycles. The van der Waals surface area contributed by atoms with Crippen molar-refractivity contribution >= 4 is 35.6 Å². The first kappa shape index (κ1) is 21.2. The molecule has 2 N–H and O–H groups in total. The highest BCUT2D eigenvalue weighted by molar-refractivity contribution is 5.97. The lowest BCUT2D eigenvalue weighted by molar-refractivity contribution is -0.118. The van der Waals surface area contributed by atoms with Crippen molar-refractivity contribution in [1.82, 2.24) is 15.2 Å². The number of benzene rings is 1. The number of rotatable bonds is 5. The second kappa shape index (κ2) is 9.82. The van der Waals surface area contributed by atoms with Gasteiger partial charge in [-0.1, -0.05) is 12.1 Å². The fourth-order valence-corrected chi connectivity index (χ4v) is 3.90. The third-order valence-electron chi connectivity index (χ3n) is 5.29. The zero-order valence-corrected chi connectivity index (χ0v) is 17.0. The first-order chi connectivity index (χ1) is 13.7. The number of halogens is 1. The van der Waals surface area contributed by atoms with Gasteiger partial charge in [-0.05, 0) is 36.2 Å². The summed E-state index contributed by atoms with van der Waals surface area (Å²) in [5, 5.41) is 6.38. The van der Waals surface area contributed by atoms with E-state index in [2.05, 4.69) is 20.5 Å². The lowest BCUT2D eigenvalue weighted by Gasteiger charge is -2.35. The Morgan fingerprint density at radius 2 is 2.14 bits per heavy atom. The summed E-state index contributed by atoms with van der Waals surface area (Å²) in [5.41, 5.74) is 2.67. The quantitative estimate of drug-likeness (QED) is 0.782. The first-order valence-electron chi connectivity index (χ1n) is 9.76. The van der Waals surface area contributed by atoms with E-state index >= 15 is 0 Å². The van der Waals surface area contributed by atoms with E-state index in [0.29, 0.717) is 13.0 Å². The van der Waals surface area contributed by atoms with Crippen LogP contribution in [0.2, 0.25) is 0 Å². The normalized spacial score (nSPS) is 19.7. The van der Waals surface area contributed by atoms with Crippen molar-refractivity contribution in [1.29, 1.82) is 0 Å². The molecule has 29 heavy (non-hydrogen) atoms. The van der Waals surface area contributed by atoms with E-state index in [1.165, 1.54) is 0 Å².